The number of pyridine rings is 1. The van der Waals surface area contributed by atoms with Crippen molar-refractivity contribution in [2.75, 3.05) is 0 Å². The summed E-state index contributed by atoms with van der Waals surface area (Å²) in [7, 11) is 0. The molecular weight excluding hydrogens is 587 g/mol. The molecule has 0 aliphatic heterocycles. The van der Waals surface area contributed by atoms with Crippen LogP contribution in [0.2, 0.25) is 0 Å². The van der Waals surface area contributed by atoms with Gasteiger partial charge in [0.2, 0.25) is 0 Å². The van der Waals surface area contributed by atoms with Gasteiger partial charge in [-0.05, 0) is 35.9 Å². The van der Waals surface area contributed by atoms with Crippen molar-refractivity contribution in [2.24, 2.45) is 0 Å². The molecule has 0 saturated heterocycles. The van der Waals surface area contributed by atoms with E-state index >= 15 is 0 Å². The van der Waals surface area contributed by atoms with E-state index in [1.165, 1.54) is 11.6 Å². The van der Waals surface area contributed by atoms with Gasteiger partial charge in [-0.3, -0.25) is 6.58 Å². The van der Waals surface area contributed by atoms with Gasteiger partial charge in [0.25, 0.3) is 0 Å². The summed E-state index contributed by atoms with van der Waals surface area (Å²) in [4.78, 5) is 4.56. The van der Waals surface area contributed by atoms with Crippen LogP contribution in [0.15, 0.2) is 107 Å². The molecule has 0 fully saturated rings. The number of fused-ring (bicyclic) bond motifs is 3. The summed E-state index contributed by atoms with van der Waals surface area (Å²) in [6, 6.07) is 29.8. The maximum atomic E-state index is 8.48. The van der Waals surface area contributed by atoms with Gasteiger partial charge in [0.05, 0.1) is 5.58 Å². The maximum Gasteiger partial charge on any atom is 0.120 e. The van der Waals surface area contributed by atoms with Crippen molar-refractivity contribution in [1.29, 1.82) is 0 Å². The molecule has 0 unspecified atom stereocenters. The predicted molar refractivity (Wildman–Crippen MR) is 131 cm³/mol. The van der Waals surface area contributed by atoms with E-state index in [9.17, 15) is 0 Å². The number of hydrogen-bond acceptors (Lipinski definition) is 3. The van der Waals surface area contributed by atoms with E-state index in [1.807, 2.05) is 60.8 Å². The molecule has 3 nitrogen and oxygen atoms in total. The topological polar surface area (TPSA) is 46.3 Å². The Labute approximate surface area is 207 Å². The predicted octanol–water partition coefficient (Wildman–Crippen LogP) is 7.94. The average Bonchev–Trinajstić information content (AvgIpc) is 3.18. The molecule has 1 radical (unpaired) electrons. The van der Waals surface area contributed by atoms with Crippen LogP contribution < -0.4 is 0 Å². The van der Waals surface area contributed by atoms with Crippen LogP contribution in [0.1, 0.15) is 13.8 Å². The van der Waals surface area contributed by atoms with Crippen LogP contribution in [-0.2, 0) is 20.1 Å². The fourth-order valence-electron chi connectivity index (χ4n) is 3.59. The minimum absolute atomic E-state index is 0. The van der Waals surface area contributed by atoms with E-state index in [0.29, 0.717) is 5.57 Å². The first kappa shape index (κ1) is 24.2. The Morgan fingerprint density at radius 2 is 1.67 bits per heavy atom. The van der Waals surface area contributed by atoms with Gasteiger partial charge in [0.15, 0.2) is 0 Å². The molecule has 5 rings (SSSR count). The fraction of sp³-hybridized carbons (Fsp3) is 0.0690. The standard InChI is InChI=1S/C23H14NO.C6H9O.Ir/c1-2-7-16(8-3-1)17-13-14-24-21(15-17)20-11-6-10-19-18-9-4-5-12-22(18)25-23(19)20;1-5(2)4-6(3)7;/h1-10,12-15H;1,4,7H,2-3H3;/q2*-1;/b;6-4-;. The largest absolute Gasteiger partial charge is 0.531 e. The molecule has 0 atom stereocenters. The third-order valence-corrected chi connectivity index (χ3v) is 4.90. The summed E-state index contributed by atoms with van der Waals surface area (Å²) >= 11 is 0. The second-order valence-electron chi connectivity index (χ2n) is 7.52. The number of para-hydroxylation sites is 1. The van der Waals surface area contributed by atoms with E-state index < -0.39 is 0 Å². The minimum Gasteiger partial charge on any atom is -0.531 e. The van der Waals surface area contributed by atoms with Crippen LogP contribution in [0.3, 0.4) is 0 Å². The first-order valence-corrected chi connectivity index (χ1v) is 10.3. The van der Waals surface area contributed by atoms with E-state index in [0.717, 1.165) is 38.8 Å². The normalized spacial score (nSPS) is 10.9. The van der Waals surface area contributed by atoms with E-state index in [2.05, 4.69) is 35.3 Å². The number of furan rings is 1. The molecule has 0 aliphatic carbocycles. The zero-order chi connectivity index (χ0) is 22.5. The van der Waals surface area contributed by atoms with Crippen molar-refractivity contribution in [3.8, 4) is 22.4 Å². The summed E-state index contributed by atoms with van der Waals surface area (Å²) in [5, 5.41) is 10.7. The average molecular weight is 610 g/mol. The molecule has 0 aliphatic rings. The van der Waals surface area contributed by atoms with Crippen molar-refractivity contribution in [1.82, 2.24) is 4.98 Å². The molecule has 0 amide bonds. The number of allylic oxidation sites excluding steroid dienone is 3. The van der Waals surface area contributed by atoms with Gasteiger partial charge < -0.3 is 14.5 Å². The molecule has 2 aromatic heterocycles. The third kappa shape index (κ3) is 5.67. The molecule has 4 heteroatoms. The molecule has 3 aromatic carbocycles. The van der Waals surface area contributed by atoms with Crippen LogP contribution in [0.25, 0.3) is 44.3 Å². The van der Waals surface area contributed by atoms with Gasteiger partial charge in [0, 0.05) is 37.4 Å². The summed E-state index contributed by atoms with van der Waals surface area (Å²) in [5.41, 5.74) is 6.41. The molecule has 0 bridgehead atoms. The van der Waals surface area contributed by atoms with Crippen LogP contribution in [0.5, 0.6) is 0 Å². The van der Waals surface area contributed by atoms with Crippen molar-refractivity contribution in [3.63, 3.8) is 0 Å². The molecule has 167 valence electrons. The summed E-state index contributed by atoms with van der Waals surface area (Å²) in [5.74, 6) is 0.250. The number of nitrogens with zero attached hydrogens (tertiary/aromatic N) is 1. The monoisotopic (exact) mass is 610 g/mol. The Balaban J connectivity index is 0.000000337. The second-order valence-corrected chi connectivity index (χ2v) is 7.52. The van der Waals surface area contributed by atoms with Gasteiger partial charge in [-0.15, -0.1) is 18.2 Å². The molecular formula is C29H23IrNO2-2. The van der Waals surface area contributed by atoms with E-state index in [-0.39, 0.29) is 25.9 Å². The summed E-state index contributed by atoms with van der Waals surface area (Å²) in [6.45, 7) is 8.48. The third-order valence-electron chi connectivity index (χ3n) is 4.90. The van der Waals surface area contributed by atoms with Crippen molar-refractivity contribution in [3.05, 3.63) is 115 Å². The Morgan fingerprint density at radius 3 is 2.36 bits per heavy atom. The van der Waals surface area contributed by atoms with Gasteiger partial charge in [-0.1, -0.05) is 72.5 Å². The first-order chi connectivity index (χ1) is 15.5. The molecule has 2 heterocycles. The van der Waals surface area contributed by atoms with Gasteiger partial charge in [-0.2, -0.15) is 6.08 Å². The van der Waals surface area contributed by atoms with Crippen molar-refractivity contribution >= 4 is 21.9 Å². The van der Waals surface area contributed by atoms with Crippen LogP contribution >= 0.6 is 0 Å². The molecule has 0 saturated carbocycles. The number of benzene rings is 3. The number of aliphatic hydroxyl groups is 1. The minimum atomic E-state index is 0. The molecule has 5 aromatic rings. The van der Waals surface area contributed by atoms with Crippen LogP contribution in [0, 0.1) is 12.6 Å². The zero-order valence-corrected chi connectivity index (χ0v) is 20.8. The molecule has 0 spiro atoms. The Bertz CT molecular complexity index is 1410. The SMILES string of the molecule is [CH-]=C(C)/C=C(/C)O.[Ir].[c-]1ccc2c(oc3ccccc32)c1-c1cc(-c2ccccc2)ccn1. The number of rotatable bonds is 3. The zero-order valence-electron chi connectivity index (χ0n) is 18.4. The Hall–Kier alpha value is -3.46. The summed E-state index contributed by atoms with van der Waals surface area (Å²) in [6.07, 6.45) is 3.34. The van der Waals surface area contributed by atoms with E-state index in [1.54, 1.807) is 13.8 Å². The Morgan fingerprint density at radius 1 is 0.939 bits per heavy atom. The smallest absolute Gasteiger partial charge is 0.120 e. The molecule has 33 heavy (non-hydrogen) atoms. The van der Waals surface area contributed by atoms with Gasteiger partial charge in [-0.25, -0.2) is 5.57 Å². The van der Waals surface area contributed by atoms with Crippen molar-refractivity contribution in [2.45, 2.75) is 13.8 Å². The Kier molecular flexibility index (Phi) is 8.00. The summed E-state index contributed by atoms with van der Waals surface area (Å²) < 4.78 is 6.11. The fourth-order valence-corrected chi connectivity index (χ4v) is 3.59. The number of aromatic nitrogens is 1. The van der Waals surface area contributed by atoms with Crippen LogP contribution in [-0.4, -0.2) is 10.1 Å². The number of hydrogen-bond donors (Lipinski definition) is 1. The van der Waals surface area contributed by atoms with Gasteiger partial charge in [0.1, 0.15) is 5.58 Å². The van der Waals surface area contributed by atoms with Crippen molar-refractivity contribution < 1.29 is 29.6 Å². The maximum absolute atomic E-state index is 8.48. The first-order valence-electron chi connectivity index (χ1n) is 10.3. The number of aliphatic hydroxyl groups excluding tert-OH is 1. The van der Waals surface area contributed by atoms with Gasteiger partial charge >= 0.3 is 0 Å². The molecule has 1 N–H and O–H groups in total. The quantitative estimate of drug-likeness (QED) is 0.128. The van der Waals surface area contributed by atoms with E-state index in [4.69, 9.17) is 16.1 Å². The van der Waals surface area contributed by atoms with Crippen LogP contribution in [0.4, 0.5) is 0 Å². The second kappa shape index (κ2) is 10.9.